The molecule has 0 fully saturated rings. The quantitative estimate of drug-likeness (QED) is 0.811. The highest BCUT2D eigenvalue weighted by Gasteiger charge is 2.36. The second-order valence-corrected chi connectivity index (χ2v) is 4.62. The number of halogens is 3. The summed E-state index contributed by atoms with van der Waals surface area (Å²) in [5.74, 6) is 0. The Morgan fingerprint density at radius 2 is 2.17 bits per heavy atom. The van der Waals surface area contributed by atoms with Gasteiger partial charge in [0.15, 0.2) is 0 Å². The molecule has 1 aliphatic heterocycles. The smallest absolute Gasteiger partial charge is 0.382 e. The van der Waals surface area contributed by atoms with Gasteiger partial charge >= 0.3 is 6.18 Å². The van der Waals surface area contributed by atoms with E-state index >= 15 is 0 Å². The molecule has 1 unspecified atom stereocenters. The summed E-state index contributed by atoms with van der Waals surface area (Å²) in [5.41, 5.74) is 0.558. The van der Waals surface area contributed by atoms with E-state index in [9.17, 15) is 13.2 Å². The highest BCUT2D eigenvalue weighted by Crippen LogP contribution is 2.39. The van der Waals surface area contributed by atoms with Gasteiger partial charge in [-0.15, -0.1) is 0 Å². The molecule has 1 atom stereocenters. The van der Waals surface area contributed by atoms with Gasteiger partial charge in [0.25, 0.3) is 0 Å². The zero-order chi connectivity index (χ0) is 13.2. The van der Waals surface area contributed by atoms with Crippen LogP contribution in [-0.4, -0.2) is 19.6 Å². The zero-order valence-corrected chi connectivity index (χ0v) is 10.3. The first kappa shape index (κ1) is 13.2. The van der Waals surface area contributed by atoms with Crippen LogP contribution in [0.2, 0.25) is 0 Å². The molecule has 0 saturated heterocycles. The van der Waals surface area contributed by atoms with E-state index in [1.54, 1.807) is 6.07 Å². The largest absolute Gasteiger partial charge is 0.416 e. The lowest BCUT2D eigenvalue weighted by atomic mass is 10.0. The molecule has 0 amide bonds. The first-order chi connectivity index (χ1) is 8.52. The summed E-state index contributed by atoms with van der Waals surface area (Å²) in [5, 5.41) is 6.22. The van der Waals surface area contributed by atoms with Gasteiger partial charge in [-0.05, 0) is 50.6 Å². The monoisotopic (exact) mass is 258 g/mol. The Labute approximate surface area is 105 Å². The fourth-order valence-corrected chi connectivity index (χ4v) is 2.42. The standard InChI is InChI=1S/C13H17F3N2/c1-17-7-3-4-9-8-10-11(13(14,15)16)5-2-6-12(10)18-9/h2,5-6,9,17-18H,3-4,7-8H2,1H3. The van der Waals surface area contributed by atoms with E-state index in [4.69, 9.17) is 0 Å². The molecule has 18 heavy (non-hydrogen) atoms. The van der Waals surface area contributed by atoms with Gasteiger partial charge in [0.1, 0.15) is 0 Å². The molecule has 2 N–H and O–H groups in total. The van der Waals surface area contributed by atoms with E-state index in [-0.39, 0.29) is 6.04 Å². The van der Waals surface area contributed by atoms with Crippen LogP contribution in [0.5, 0.6) is 0 Å². The summed E-state index contributed by atoms with van der Waals surface area (Å²) in [7, 11) is 1.87. The molecule has 0 aromatic heterocycles. The SMILES string of the molecule is CNCCCC1Cc2c(cccc2C(F)(F)F)N1. The summed E-state index contributed by atoms with van der Waals surface area (Å²) in [6, 6.07) is 4.47. The van der Waals surface area contributed by atoms with Crippen molar-refractivity contribution in [2.24, 2.45) is 0 Å². The molecule has 0 spiro atoms. The summed E-state index contributed by atoms with van der Waals surface area (Å²) in [6.45, 7) is 0.890. The van der Waals surface area contributed by atoms with E-state index in [0.29, 0.717) is 17.7 Å². The van der Waals surface area contributed by atoms with Crippen LogP contribution in [0.4, 0.5) is 18.9 Å². The number of fused-ring (bicyclic) bond motifs is 1. The van der Waals surface area contributed by atoms with E-state index in [1.807, 2.05) is 7.05 Å². The van der Waals surface area contributed by atoms with Crippen LogP contribution in [0.15, 0.2) is 18.2 Å². The van der Waals surface area contributed by atoms with Crippen molar-refractivity contribution in [1.29, 1.82) is 0 Å². The molecular formula is C13H17F3N2. The van der Waals surface area contributed by atoms with Gasteiger partial charge in [0.2, 0.25) is 0 Å². The highest BCUT2D eigenvalue weighted by atomic mass is 19.4. The van der Waals surface area contributed by atoms with Crippen LogP contribution in [-0.2, 0) is 12.6 Å². The highest BCUT2D eigenvalue weighted by molar-refractivity contribution is 5.60. The van der Waals surface area contributed by atoms with E-state index in [1.165, 1.54) is 6.07 Å². The molecule has 1 aromatic rings. The molecule has 2 nitrogen and oxygen atoms in total. The first-order valence-electron chi connectivity index (χ1n) is 6.12. The molecule has 0 bridgehead atoms. The third kappa shape index (κ3) is 2.77. The van der Waals surface area contributed by atoms with Crippen molar-refractivity contribution in [2.75, 3.05) is 18.9 Å². The number of nitrogens with one attached hydrogen (secondary N) is 2. The average molecular weight is 258 g/mol. The summed E-state index contributed by atoms with van der Waals surface area (Å²) < 4.78 is 38.5. The van der Waals surface area contributed by atoms with Crippen LogP contribution in [0.1, 0.15) is 24.0 Å². The fraction of sp³-hybridized carbons (Fsp3) is 0.538. The normalized spacial score (nSPS) is 18.6. The van der Waals surface area contributed by atoms with Crippen molar-refractivity contribution in [3.8, 4) is 0 Å². The van der Waals surface area contributed by atoms with Crippen molar-refractivity contribution >= 4 is 5.69 Å². The van der Waals surface area contributed by atoms with Gasteiger partial charge in [-0.2, -0.15) is 13.2 Å². The molecule has 1 aliphatic rings. The van der Waals surface area contributed by atoms with Crippen molar-refractivity contribution < 1.29 is 13.2 Å². The summed E-state index contributed by atoms with van der Waals surface area (Å²) in [4.78, 5) is 0. The topological polar surface area (TPSA) is 24.1 Å². The Bertz CT molecular complexity index is 415. The van der Waals surface area contributed by atoms with Crippen LogP contribution < -0.4 is 10.6 Å². The molecule has 2 rings (SSSR count). The van der Waals surface area contributed by atoms with Crippen LogP contribution in [0.3, 0.4) is 0 Å². The minimum Gasteiger partial charge on any atom is -0.382 e. The Hall–Kier alpha value is -1.23. The Kier molecular flexibility index (Phi) is 3.80. The lowest BCUT2D eigenvalue weighted by Gasteiger charge is -2.10. The number of alkyl halides is 3. The molecular weight excluding hydrogens is 241 g/mol. The van der Waals surface area contributed by atoms with E-state index in [2.05, 4.69) is 10.6 Å². The van der Waals surface area contributed by atoms with Crippen molar-refractivity contribution in [3.05, 3.63) is 29.3 Å². The third-order valence-corrected chi connectivity index (χ3v) is 3.27. The second-order valence-electron chi connectivity index (χ2n) is 4.62. The number of anilines is 1. The van der Waals surface area contributed by atoms with Crippen molar-refractivity contribution in [1.82, 2.24) is 5.32 Å². The van der Waals surface area contributed by atoms with Gasteiger partial charge in [-0.1, -0.05) is 6.07 Å². The average Bonchev–Trinajstić information content (AvgIpc) is 2.70. The molecule has 1 aromatic carbocycles. The van der Waals surface area contributed by atoms with E-state index < -0.39 is 11.7 Å². The maximum Gasteiger partial charge on any atom is 0.416 e. The van der Waals surface area contributed by atoms with Gasteiger partial charge in [0, 0.05) is 11.7 Å². The second kappa shape index (κ2) is 5.18. The zero-order valence-electron chi connectivity index (χ0n) is 10.3. The minimum absolute atomic E-state index is 0.122. The lowest BCUT2D eigenvalue weighted by Crippen LogP contribution is -2.18. The lowest BCUT2D eigenvalue weighted by molar-refractivity contribution is -0.138. The van der Waals surface area contributed by atoms with E-state index in [0.717, 1.165) is 25.5 Å². The first-order valence-corrected chi connectivity index (χ1v) is 6.12. The van der Waals surface area contributed by atoms with Crippen LogP contribution in [0, 0.1) is 0 Å². The molecule has 0 aliphatic carbocycles. The number of benzene rings is 1. The van der Waals surface area contributed by atoms with Crippen molar-refractivity contribution in [2.45, 2.75) is 31.5 Å². The number of hydrogen-bond acceptors (Lipinski definition) is 2. The maximum absolute atomic E-state index is 12.8. The molecule has 1 heterocycles. The molecule has 0 radical (unpaired) electrons. The Morgan fingerprint density at radius 1 is 1.39 bits per heavy atom. The maximum atomic E-state index is 12.8. The molecule has 5 heteroatoms. The molecule has 100 valence electrons. The predicted molar refractivity (Wildman–Crippen MR) is 65.7 cm³/mol. The van der Waals surface area contributed by atoms with Gasteiger partial charge in [-0.25, -0.2) is 0 Å². The number of rotatable bonds is 4. The van der Waals surface area contributed by atoms with Gasteiger partial charge < -0.3 is 10.6 Å². The fourth-order valence-electron chi connectivity index (χ4n) is 2.42. The summed E-state index contributed by atoms with van der Waals surface area (Å²) in [6.07, 6.45) is -1.95. The predicted octanol–water partition coefficient (Wildman–Crippen LogP) is 3.04. The van der Waals surface area contributed by atoms with Gasteiger partial charge in [-0.3, -0.25) is 0 Å². The van der Waals surface area contributed by atoms with Crippen LogP contribution in [0.25, 0.3) is 0 Å². The minimum atomic E-state index is -4.26. The summed E-state index contributed by atoms with van der Waals surface area (Å²) >= 11 is 0. The Balaban J connectivity index is 2.10. The number of hydrogen-bond donors (Lipinski definition) is 2. The molecule has 0 saturated carbocycles. The van der Waals surface area contributed by atoms with Crippen molar-refractivity contribution in [3.63, 3.8) is 0 Å². The van der Waals surface area contributed by atoms with Gasteiger partial charge in [0.05, 0.1) is 5.56 Å². The van der Waals surface area contributed by atoms with Crippen LogP contribution >= 0.6 is 0 Å². The Morgan fingerprint density at radius 3 is 2.83 bits per heavy atom. The third-order valence-electron chi connectivity index (χ3n) is 3.27.